The van der Waals surface area contributed by atoms with Crippen LogP contribution >= 0.6 is 0 Å². The molecule has 18 heavy (non-hydrogen) atoms. The summed E-state index contributed by atoms with van der Waals surface area (Å²) in [6.45, 7) is 1.86. The van der Waals surface area contributed by atoms with Crippen molar-refractivity contribution in [2.45, 2.75) is 18.9 Å². The van der Waals surface area contributed by atoms with E-state index in [9.17, 15) is 10.0 Å². The van der Waals surface area contributed by atoms with E-state index in [0.29, 0.717) is 0 Å². The van der Waals surface area contributed by atoms with E-state index < -0.39 is 0 Å². The minimum Gasteiger partial charge on any atom is -0.493 e. The van der Waals surface area contributed by atoms with Gasteiger partial charge in [-0.3, -0.25) is 0 Å². The van der Waals surface area contributed by atoms with E-state index in [1.54, 1.807) is 0 Å². The lowest BCUT2D eigenvalue weighted by Crippen LogP contribution is -2.29. The minimum atomic E-state index is -0.00176. The maximum absolute atomic E-state index is 10.9. The second-order valence-electron chi connectivity index (χ2n) is 4.63. The fraction of sp³-hybridized carbons (Fsp3) is 0.385. The maximum Gasteiger partial charge on any atom is 0.222 e. The number of hydrogen-bond acceptors (Lipinski definition) is 4. The summed E-state index contributed by atoms with van der Waals surface area (Å²) in [4.78, 5) is 10.9. The molecule has 0 spiro atoms. The quantitative estimate of drug-likeness (QED) is 0.799. The number of fused-ring (bicyclic) bond motifs is 1. The predicted octanol–water partition coefficient (Wildman–Crippen LogP) is 2.67. The van der Waals surface area contributed by atoms with Crippen LogP contribution in [0.1, 0.15) is 18.9 Å². The van der Waals surface area contributed by atoms with Crippen molar-refractivity contribution in [2.24, 2.45) is 5.18 Å². The van der Waals surface area contributed by atoms with Crippen molar-refractivity contribution in [3.05, 3.63) is 29.2 Å². The van der Waals surface area contributed by atoms with Crippen LogP contribution < -0.4 is 5.32 Å². The molecule has 1 saturated heterocycles. The third-order valence-corrected chi connectivity index (χ3v) is 3.62. The van der Waals surface area contributed by atoms with Crippen LogP contribution in [0.5, 0.6) is 5.88 Å². The van der Waals surface area contributed by atoms with Gasteiger partial charge >= 0.3 is 0 Å². The van der Waals surface area contributed by atoms with Crippen molar-refractivity contribution in [1.29, 1.82) is 0 Å². The van der Waals surface area contributed by atoms with Gasteiger partial charge in [0.15, 0.2) is 5.69 Å². The molecular weight excluding hydrogens is 230 g/mol. The van der Waals surface area contributed by atoms with Crippen LogP contribution in [0.15, 0.2) is 29.4 Å². The maximum atomic E-state index is 10.9. The van der Waals surface area contributed by atoms with Gasteiger partial charge in [-0.1, -0.05) is 18.2 Å². The molecule has 0 amide bonds. The Labute approximate surface area is 104 Å². The van der Waals surface area contributed by atoms with Gasteiger partial charge in [0.25, 0.3) is 0 Å². The van der Waals surface area contributed by atoms with Crippen LogP contribution in [0.4, 0.5) is 5.69 Å². The Bertz CT molecular complexity index is 585. The second-order valence-corrected chi connectivity index (χ2v) is 4.63. The summed E-state index contributed by atoms with van der Waals surface area (Å²) in [6, 6.07) is 7.73. The van der Waals surface area contributed by atoms with E-state index in [0.717, 1.165) is 36.8 Å². The smallest absolute Gasteiger partial charge is 0.222 e. The van der Waals surface area contributed by atoms with Gasteiger partial charge in [0.2, 0.25) is 5.88 Å². The van der Waals surface area contributed by atoms with E-state index in [2.05, 4.69) is 10.5 Å². The molecule has 0 unspecified atom stereocenters. The van der Waals surface area contributed by atoms with Crippen LogP contribution in [0, 0.1) is 4.91 Å². The number of nitroso groups, excluding NO2 is 1. The number of para-hydroxylation sites is 1. The number of nitrogens with zero attached hydrogens (tertiary/aromatic N) is 2. The molecule has 2 N–H and O–H groups in total. The highest BCUT2D eigenvalue weighted by Crippen LogP contribution is 2.41. The van der Waals surface area contributed by atoms with E-state index in [-0.39, 0.29) is 17.6 Å². The Balaban J connectivity index is 2.21. The lowest BCUT2D eigenvalue weighted by molar-refractivity contribution is 0.331. The van der Waals surface area contributed by atoms with Crippen LogP contribution in [0.3, 0.4) is 0 Å². The van der Waals surface area contributed by atoms with Crippen molar-refractivity contribution in [3.63, 3.8) is 0 Å². The molecular formula is C13H15N3O2. The number of benzene rings is 1. The number of rotatable bonds is 2. The average molecular weight is 245 g/mol. The molecule has 0 radical (unpaired) electrons. The van der Waals surface area contributed by atoms with Crippen molar-refractivity contribution in [2.75, 3.05) is 13.1 Å². The summed E-state index contributed by atoms with van der Waals surface area (Å²) in [7, 11) is 0. The van der Waals surface area contributed by atoms with Crippen LogP contribution in [0.25, 0.3) is 10.9 Å². The van der Waals surface area contributed by atoms with Gasteiger partial charge in [-0.15, -0.1) is 4.91 Å². The SMILES string of the molecule is O=Nc1c(O)n(C2CCNCC2)c2ccccc12. The molecule has 2 heterocycles. The van der Waals surface area contributed by atoms with Gasteiger partial charge in [0.05, 0.1) is 5.52 Å². The van der Waals surface area contributed by atoms with Gasteiger partial charge in [-0.2, -0.15) is 0 Å². The molecule has 0 atom stereocenters. The molecule has 94 valence electrons. The monoisotopic (exact) mass is 245 g/mol. The summed E-state index contributed by atoms with van der Waals surface area (Å²) in [5.74, 6) is -0.00176. The molecule has 1 fully saturated rings. The van der Waals surface area contributed by atoms with E-state index in [1.807, 2.05) is 28.8 Å². The van der Waals surface area contributed by atoms with Gasteiger partial charge in [0.1, 0.15) is 0 Å². The van der Waals surface area contributed by atoms with Crippen LogP contribution in [-0.4, -0.2) is 22.8 Å². The molecule has 1 aliphatic heterocycles. The topological polar surface area (TPSA) is 66.6 Å². The Morgan fingerprint density at radius 3 is 2.72 bits per heavy atom. The highest BCUT2D eigenvalue weighted by molar-refractivity contribution is 5.95. The largest absolute Gasteiger partial charge is 0.493 e. The number of piperidine rings is 1. The molecule has 0 bridgehead atoms. The molecule has 1 aromatic heterocycles. The van der Waals surface area contributed by atoms with Gasteiger partial charge in [0, 0.05) is 11.4 Å². The zero-order valence-corrected chi connectivity index (χ0v) is 9.97. The summed E-state index contributed by atoms with van der Waals surface area (Å²) in [6.07, 6.45) is 1.90. The van der Waals surface area contributed by atoms with Crippen LogP contribution in [0.2, 0.25) is 0 Å². The first-order chi connectivity index (χ1) is 8.83. The third-order valence-electron chi connectivity index (χ3n) is 3.62. The molecule has 0 saturated carbocycles. The zero-order valence-electron chi connectivity index (χ0n) is 9.97. The van der Waals surface area contributed by atoms with Crippen molar-refractivity contribution in [1.82, 2.24) is 9.88 Å². The third kappa shape index (κ3) is 1.59. The highest BCUT2D eigenvalue weighted by Gasteiger charge is 2.24. The molecule has 5 nitrogen and oxygen atoms in total. The predicted molar refractivity (Wildman–Crippen MR) is 70.2 cm³/mol. The number of aromatic nitrogens is 1. The Morgan fingerprint density at radius 2 is 2.00 bits per heavy atom. The molecule has 0 aliphatic carbocycles. The Morgan fingerprint density at radius 1 is 1.28 bits per heavy atom. The molecule has 1 aliphatic rings. The van der Waals surface area contributed by atoms with Crippen molar-refractivity contribution < 1.29 is 5.11 Å². The fourth-order valence-electron chi connectivity index (χ4n) is 2.76. The summed E-state index contributed by atoms with van der Waals surface area (Å²) < 4.78 is 1.85. The van der Waals surface area contributed by atoms with E-state index in [1.165, 1.54) is 0 Å². The molecule has 3 rings (SSSR count). The first-order valence-corrected chi connectivity index (χ1v) is 6.19. The highest BCUT2D eigenvalue weighted by atomic mass is 16.3. The normalized spacial score (nSPS) is 17.1. The Kier molecular flexibility index (Phi) is 2.76. The van der Waals surface area contributed by atoms with E-state index >= 15 is 0 Å². The fourth-order valence-corrected chi connectivity index (χ4v) is 2.76. The lowest BCUT2D eigenvalue weighted by atomic mass is 10.1. The minimum absolute atomic E-state index is 0.00176. The van der Waals surface area contributed by atoms with Gasteiger partial charge < -0.3 is 15.0 Å². The lowest BCUT2D eigenvalue weighted by Gasteiger charge is -2.25. The summed E-state index contributed by atoms with van der Waals surface area (Å²) in [5, 5.41) is 17.2. The molecule has 5 heteroatoms. The number of aromatic hydroxyl groups is 1. The van der Waals surface area contributed by atoms with E-state index in [4.69, 9.17) is 0 Å². The van der Waals surface area contributed by atoms with Crippen molar-refractivity contribution in [3.8, 4) is 5.88 Å². The standard InChI is InChI=1S/C13H15N3O2/c17-13-12(15-18)10-3-1-2-4-11(10)16(13)9-5-7-14-8-6-9/h1-4,9,14,17H,5-8H2. The number of nitrogens with one attached hydrogen (secondary N) is 1. The molecule has 2 aromatic rings. The average Bonchev–Trinajstić information content (AvgIpc) is 2.71. The summed E-state index contributed by atoms with van der Waals surface area (Å²) >= 11 is 0. The van der Waals surface area contributed by atoms with Gasteiger partial charge in [-0.25, -0.2) is 0 Å². The molecule has 1 aromatic carbocycles. The summed E-state index contributed by atoms with van der Waals surface area (Å²) in [5.41, 5.74) is 1.04. The number of hydrogen-bond donors (Lipinski definition) is 2. The second kappa shape index (κ2) is 4.42. The van der Waals surface area contributed by atoms with Gasteiger partial charge in [-0.05, 0) is 37.2 Å². The van der Waals surface area contributed by atoms with Crippen molar-refractivity contribution >= 4 is 16.6 Å². The Hall–Kier alpha value is -1.88. The first-order valence-electron chi connectivity index (χ1n) is 6.19. The first kappa shape index (κ1) is 11.2. The zero-order chi connectivity index (χ0) is 12.5. The van der Waals surface area contributed by atoms with Crippen LogP contribution in [-0.2, 0) is 0 Å².